The lowest BCUT2D eigenvalue weighted by Crippen LogP contribution is -2.46. The molecule has 0 aromatic heterocycles. The van der Waals surface area contributed by atoms with Gasteiger partial charge in [-0.2, -0.15) is 5.26 Å². The van der Waals surface area contributed by atoms with Crippen LogP contribution in [0.3, 0.4) is 0 Å². The molecule has 120 valence electrons. The van der Waals surface area contributed by atoms with Crippen LogP contribution in [0.25, 0.3) is 0 Å². The summed E-state index contributed by atoms with van der Waals surface area (Å²) < 4.78 is 36.7. The number of nitrogens with zero attached hydrogens (tertiary/aromatic N) is 2. The van der Waals surface area contributed by atoms with E-state index in [1.807, 2.05) is 0 Å². The van der Waals surface area contributed by atoms with Crippen molar-refractivity contribution in [3.63, 3.8) is 0 Å². The monoisotopic (exact) mass is 329 g/mol. The molecule has 0 aliphatic carbocycles. The second-order valence-corrected chi connectivity index (χ2v) is 8.26. The maximum atomic E-state index is 13.9. The van der Waals surface area contributed by atoms with Crippen molar-refractivity contribution in [2.75, 3.05) is 5.75 Å². The summed E-state index contributed by atoms with van der Waals surface area (Å²) >= 11 is 0. The van der Waals surface area contributed by atoms with Crippen molar-refractivity contribution in [1.29, 1.82) is 5.26 Å². The number of nitro benzene ring substituents is 1. The SMILES string of the molecule is CC(C)(C#N)S(=O)(=O)C[C@](C)(N)c1cc([N+](=O)[O-])ccc1F. The van der Waals surface area contributed by atoms with Gasteiger partial charge < -0.3 is 5.73 Å². The highest BCUT2D eigenvalue weighted by atomic mass is 32.2. The van der Waals surface area contributed by atoms with Gasteiger partial charge in [0.25, 0.3) is 5.69 Å². The zero-order valence-corrected chi connectivity index (χ0v) is 13.1. The molecule has 0 bridgehead atoms. The van der Waals surface area contributed by atoms with E-state index in [0.717, 1.165) is 18.2 Å². The quantitative estimate of drug-likeness (QED) is 0.646. The number of halogens is 1. The predicted molar refractivity (Wildman–Crippen MR) is 78.1 cm³/mol. The summed E-state index contributed by atoms with van der Waals surface area (Å²) in [5, 5.41) is 19.7. The van der Waals surface area contributed by atoms with Crippen LogP contribution in [0.15, 0.2) is 18.2 Å². The van der Waals surface area contributed by atoms with Crippen molar-refractivity contribution < 1.29 is 17.7 Å². The van der Waals surface area contributed by atoms with Gasteiger partial charge in [-0.25, -0.2) is 12.8 Å². The summed E-state index contributed by atoms with van der Waals surface area (Å²) in [4.78, 5) is 10.0. The van der Waals surface area contributed by atoms with E-state index < -0.39 is 42.3 Å². The number of nitro groups is 1. The van der Waals surface area contributed by atoms with E-state index in [0.29, 0.717) is 0 Å². The molecule has 1 rings (SSSR count). The van der Waals surface area contributed by atoms with Crippen LogP contribution in [0.1, 0.15) is 26.3 Å². The third-order valence-electron chi connectivity index (χ3n) is 3.31. The van der Waals surface area contributed by atoms with Crippen LogP contribution in [0.4, 0.5) is 10.1 Å². The molecular weight excluding hydrogens is 313 g/mol. The molecule has 1 atom stereocenters. The van der Waals surface area contributed by atoms with E-state index in [1.54, 1.807) is 6.07 Å². The summed E-state index contributed by atoms with van der Waals surface area (Å²) in [6.07, 6.45) is 0. The summed E-state index contributed by atoms with van der Waals surface area (Å²) in [6.45, 7) is 3.67. The average Bonchev–Trinajstić information content (AvgIpc) is 2.37. The van der Waals surface area contributed by atoms with Gasteiger partial charge in [0.1, 0.15) is 5.82 Å². The van der Waals surface area contributed by atoms with Crippen LogP contribution in [0.2, 0.25) is 0 Å². The van der Waals surface area contributed by atoms with Gasteiger partial charge in [-0.1, -0.05) is 0 Å². The first kappa shape index (κ1) is 18.0. The molecule has 0 unspecified atom stereocenters. The molecule has 0 amide bonds. The van der Waals surface area contributed by atoms with E-state index in [4.69, 9.17) is 11.0 Å². The average molecular weight is 329 g/mol. The standard InChI is InChI=1S/C13H16FN3O4S/c1-12(2,7-15)22(20,21)8-13(3,16)10-6-9(17(18)19)4-5-11(10)14/h4-6H,8,16H2,1-3H3/t13-/m0/s1. The van der Waals surface area contributed by atoms with Gasteiger partial charge in [0.05, 0.1) is 22.3 Å². The Morgan fingerprint density at radius 3 is 2.41 bits per heavy atom. The smallest absolute Gasteiger partial charge is 0.269 e. The number of nitrogens with two attached hydrogens (primary N) is 1. The van der Waals surface area contributed by atoms with Gasteiger partial charge in [-0.3, -0.25) is 10.1 Å². The molecule has 0 heterocycles. The van der Waals surface area contributed by atoms with Crippen molar-refractivity contribution >= 4 is 15.5 Å². The highest BCUT2D eigenvalue weighted by Gasteiger charge is 2.41. The summed E-state index contributed by atoms with van der Waals surface area (Å²) in [5.74, 6) is -1.57. The number of benzene rings is 1. The molecule has 2 N–H and O–H groups in total. The van der Waals surface area contributed by atoms with Crippen LogP contribution in [0.5, 0.6) is 0 Å². The molecule has 1 aromatic carbocycles. The Balaban J connectivity index is 3.35. The van der Waals surface area contributed by atoms with Gasteiger partial charge >= 0.3 is 0 Å². The lowest BCUT2D eigenvalue weighted by atomic mass is 9.94. The summed E-state index contributed by atoms with van der Waals surface area (Å²) in [5.41, 5.74) is 3.48. The number of hydrogen-bond donors (Lipinski definition) is 1. The molecule has 0 saturated carbocycles. The maximum Gasteiger partial charge on any atom is 0.269 e. The Kier molecular flexibility index (Phi) is 4.60. The first-order valence-corrected chi connectivity index (χ1v) is 7.86. The molecule has 7 nitrogen and oxygen atoms in total. The molecule has 0 aliphatic heterocycles. The predicted octanol–water partition coefficient (Wildman–Crippen LogP) is 1.62. The molecule has 0 radical (unpaired) electrons. The highest BCUT2D eigenvalue weighted by Crippen LogP contribution is 2.29. The largest absolute Gasteiger partial charge is 0.321 e. The molecule has 0 fully saturated rings. The zero-order valence-electron chi connectivity index (χ0n) is 12.3. The fourth-order valence-electron chi connectivity index (χ4n) is 1.79. The second kappa shape index (κ2) is 5.62. The number of rotatable bonds is 5. The summed E-state index contributed by atoms with van der Waals surface area (Å²) in [7, 11) is -3.99. The third kappa shape index (κ3) is 3.40. The van der Waals surface area contributed by atoms with E-state index in [9.17, 15) is 22.9 Å². The van der Waals surface area contributed by atoms with Crippen molar-refractivity contribution in [3.05, 3.63) is 39.7 Å². The molecule has 9 heteroatoms. The zero-order chi connectivity index (χ0) is 17.3. The molecule has 1 aromatic rings. The van der Waals surface area contributed by atoms with Gasteiger partial charge in [-0.15, -0.1) is 0 Å². The van der Waals surface area contributed by atoms with Crippen LogP contribution >= 0.6 is 0 Å². The highest BCUT2D eigenvalue weighted by molar-refractivity contribution is 7.93. The molecule has 0 spiro atoms. The van der Waals surface area contributed by atoms with Gasteiger partial charge in [0, 0.05) is 17.7 Å². The lowest BCUT2D eigenvalue weighted by molar-refractivity contribution is -0.385. The minimum atomic E-state index is -3.99. The normalized spacial score (nSPS) is 14.9. The minimum Gasteiger partial charge on any atom is -0.321 e. The van der Waals surface area contributed by atoms with Crippen LogP contribution in [0, 0.1) is 27.3 Å². The van der Waals surface area contributed by atoms with Crippen molar-refractivity contribution in [1.82, 2.24) is 0 Å². The molecule has 0 aliphatic rings. The Labute approximate surface area is 127 Å². The van der Waals surface area contributed by atoms with Crippen LogP contribution < -0.4 is 5.73 Å². The lowest BCUT2D eigenvalue weighted by Gasteiger charge is -2.28. The molecular formula is C13H16FN3O4S. The summed E-state index contributed by atoms with van der Waals surface area (Å²) in [6, 6.07) is 4.38. The minimum absolute atomic E-state index is 0.293. The topological polar surface area (TPSA) is 127 Å². The van der Waals surface area contributed by atoms with Gasteiger partial charge in [0.2, 0.25) is 0 Å². The fraction of sp³-hybridized carbons (Fsp3) is 0.462. The second-order valence-electron chi connectivity index (χ2n) is 5.72. The number of non-ortho nitro benzene ring substituents is 1. The van der Waals surface area contributed by atoms with E-state index in [-0.39, 0.29) is 5.56 Å². The fourth-order valence-corrected chi connectivity index (χ4v) is 3.23. The number of hydrogen-bond acceptors (Lipinski definition) is 6. The molecule has 22 heavy (non-hydrogen) atoms. The van der Waals surface area contributed by atoms with Crippen molar-refractivity contribution in [2.45, 2.75) is 31.1 Å². The Hall–Kier alpha value is -2.05. The Morgan fingerprint density at radius 2 is 1.95 bits per heavy atom. The Morgan fingerprint density at radius 1 is 1.41 bits per heavy atom. The van der Waals surface area contributed by atoms with Crippen molar-refractivity contribution in [2.24, 2.45) is 5.73 Å². The number of nitriles is 1. The third-order valence-corrected chi connectivity index (χ3v) is 5.94. The van der Waals surface area contributed by atoms with E-state index in [2.05, 4.69) is 0 Å². The first-order chi connectivity index (χ1) is 9.84. The number of sulfone groups is 1. The molecule has 0 saturated heterocycles. The van der Waals surface area contributed by atoms with Crippen LogP contribution in [-0.4, -0.2) is 23.8 Å². The van der Waals surface area contributed by atoms with Gasteiger partial charge in [-0.05, 0) is 26.8 Å². The first-order valence-electron chi connectivity index (χ1n) is 6.21. The van der Waals surface area contributed by atoms with E-state index >= 15 is 0 Å². The van der Waals surface area contributed by atoms with Crippen LogP contribution in [-0.2, 0) is 15.4 Å². The Bertz CT molecular complexity index is 751. The maximum absolute atomic E-state index is 13.9. The van der Waals surface area contributed by atoms with Gasteiger partial charge in [0.15, 0.2) is 14.6 Å². The van der Waals surface area contributed by atoms with E-state index in [1.165, 1.54) is 20.8 Å². The van der Waals surface area contributed by atoms with Crippen molar-refractivity contribution in [3.8, 4) is 6.07 Å².